The Morgan fingerprint density at radius 1 is 1.36 bits per heavy atom. The third kappa shape index (κ3) is 3.86. The maximum atomic E-state index is 12.6. The average molecular weight is 414 g/mol. The summed E-state index contributed by atoms with van der Waals surface area (Å²) in [7, 11) is 1.78. The smallest absolute Gasteiger partial charge is 0.259 e. The summed E-state index contributed by atoms with van der Waals surface area (Å²) in [6, 6.07) is 9.58. The zero-order valence-electron chi connectivity index (χ0n) is 16.0. The number of benzene rings is 1. The molecule has 28 heavy (non-hydrogen) atoms. The van der Waals surface area contributed by atoms with Gasteiger partial charge in [-0.05, 0) is 42.9 Å². The Balaban J connectivity index is 1.44. The van der Waals surface area contributed by atoms with E-state index in [0.717, 1.165) is 35.2 Å². The summed E-state index contributed by atoms with van der Waals surface area (Å²) >= 11 is 3.13. The van der Waals surface area contributed by atoms with Crippen LogP contribution in [0.15, 0.2) is 35.1 Å². The molecule has 0 spiro atoms. The van der Waals surface area contributed by atoms with Crippen LogP contribution in [0.4, 0.5) is 5.69 Å². The second-order valence-corrected chi connectivity index (χ2v) is 9.39. The van der Waals surface area contributed by atoms with Gasteiger partial charge in [-0.2, -0.15) is 0 Å². The van der Waals surface area contributed by atoms with Crippen molar-refractivity contribution in [3.8, 4) is 0 Å². The van der Waals surface area contributed by atoms with E-state index in [-0.39, 0.29) is 11.5 Å². The lowest BCUT2D eigenvalue weighted by atomic mass is 9.89. The van der Waals surface area contributed by atoms with Crippen molar-refractivity contribution in [3.63, 3.8) is 0 Å². The number of aromatic nitrogens is 2. The van der Waals surface area contributed by atoms with Crippen molar-refractivity contribution in [1.82, 2.24) is 9.97 Å². The Morgan fingerprint density at radius 2 is 2.14 bits per heavy atom. The normalized spacial score (nSPS) is 16.1. The van der Waals surface area contributed by atoms with Crippen LogP contribution in [0, 0.1) is 5.92 Å². The van der Waals surface area contributed by atoms with Crippen molar-refractivity contribution in [2.45, 2.75) is 31.9 Å². The van der Waals surface area contributed by atoms with Gasteiger partial charge < -0.3 is 9.88 Å². The molecule has 0 unspecified atom stereocenters. The summed E-state index contributed by atoms with van der Waals surface area (Å²) < 4.78 is 0. The van der Waals surface area contributed by atoms with E-state index in [0.29, 0.717) is 23.2 Å². The summed E-state index contributed by atoms with van der Waals surface area (Å²) in [5.41, 5.74) is 2.03. The first kappa shape index (κ1) is 19.2. The number of thioether (sulfide) groups is 1. The Morgan fingerprint density at radius 3 is 2.93 bits per heavy atom. The van der Waals surface area contributed by atoms with Crippen LogP contribution in [0.1, 0.15) is 29.6 Å². The lowest BCUT2D eigenvalue weighted by Crippen LogP contribution is -2.27. The SMILES string of the molecule is C[C@H]1CCc2c(sc3nc(CSCC(=O)N(C)c4ccccc4)[nH]c(=O)c23)C1. The number of carbonyl (C=O) groups is 1. The van der Waals surface area contributed by atoms with E-state index < -0.39 is 0 Å². The predicted molar refractivity (Wildman–Crippen MR) is 117 cm³/mol. The van der Waals surface area contributed by atoms with Crippen molar-refractivity contribution in [2.75, 3.05) is 17.7 Å². The van der Waals surface area contributed by atoms with Crippen molar-refractivity contribution in [1.29, 1.82) is 0 Å². The first-order chi connectivity index (χ1) is 13.5. The maximum Gasteiger partial charge on any atom is 0.259 e. The zero-order valence-corrected chi connectivity index (χ0v) is 17.7. The number of anilines is 1. The molecule has 4 rings (SSSR count). The molecule has 0 bridgehead atoms. The highest BCUT2D eigenvalue weighted by Crippen LogP contribution is 2.35. The molecule has 1 aliphatic rings. The molecular weight excluding hydrogens is 390 g/mol. The molecule has 1 atom stereocenters. The van der Waals surface area contributed by atoms with Crippen LogP contribution in [0.25, 0.3) is 10.2 Å². The Kier molecular flexibility index (Phi) is 5.55. The molecule has 0 saturated carbocycles. The minimum Gasteiger partial charge on any atom is -0.315 e. The largest absolute Gasteiger partial charge is 0.315 e. The fraction of sp³-hybridized carbons (Fsp3) is 0.381. The molecule has 3 aromatic rings. The van der Waals surface area contributed by atoms with E-state index in [1.165, 1.54) is 22.2 Å². The molecule has 2 heterocycles. The van der Waals surface area contributed by atoms with Crippen molar-refractivity contribution in [2.24, 2.45) is 5.92 Å². The van der Waals surface area contributed by atoms with Crippen LogP contribution in [-0.2, 0) is 23.4 Å². The molecule has 0 fully saturated rings. The quantitative estimate of drug-likeness (QED) is 0.686. The fourth-order valence-corrected chi connectivity index (χ4v) is 5.79. The van der Waals surface area contributed by atoms with Crippen LogP contribution < -0.4 is 10.5 Å². The first-order valence-electron chi connectivity index (χ1n) is 9.45. The summed E-state index contributed by atoms with van der Waals surface area (Å²) in [6.07, 6.45) is 3.14. The lowest BCUT2D eigenvalue weighted by Gasteiger charge is -2.17. The lowest BCUT2D eigenvalue weighted by molar-refractivity contribution is -0.115. The third-order valence-electron chi connectivity index (χ3n) is 5.20. The highest BCUT2D eigenvalue weighted by Gasteiger charge is 2.23. The number of nitrogens with zero attached hydrogens (tertiary/aromatic N) is 2. The van der Waals surface area contributed by atoms with Crippen molar-refractivity contribution < 1.29 is 4.79 Å². The predicted octanol–water partition coefficient (Wildman–Crippen LogP) is 4.01. The van der Waals surface area contributed by atoms with Gasteiger partial charge in [0.2, 0.25) is 5.91 Å². The summed E-state index contributed by atoms with van der Waals surface area (Å²) in [5.74, 6) is 2.19. The van der Waals surface area contributed by atoms with Crippen LogP contribution >= 0.6 is 23.1 Å². The van der Waals surface area contributed by atoms with E-state index in [4.69, 9.17) is 0 Å². The second-order valence-electron chi connectivity index (χ2n) is 7.33. The Bertz CT molecular complexity index is 1060. The van der Waals surface area contributed by atoms with E-state index in [1.807, 2.05) is 30.3 Å². The number of para-hydroxylation sites is 1. The molecule has 1 aromatic carbocycles. The van der Waals surface area contributed by atoms with Gasteiger partial charge in [0.05, 0.1) is 16.9 Å². The van der Waals surface area contributed by atoms with E-state index in [2.05, 4.69) is 16.9 Å². The number of amides is 1. The average Bonchev–Trinajstić information content (AvgIpc) is 3.05. The minimum absolute atomic E-state index is 0.0280. The molecule has 0 radical (unpaired) electrons. The monoisotopic (exact) mass is 413 g/mol. The van der Waals surface area contributed by atoms with Crippen LogP contribution in [0.3, 0.4) is 0 Å². The number of fused-ring (bicyclic) bond motifs is 3. The van der Waals surface area contributed by atoms with Crippen LogP contribution in [0.2, 0.25) is 0 Å². The van der Waals surface area contributed by atoms with Gasteiger partial charge in [0.15, 0.2) is 0 Å². The number of nitrogens with one attached hydrogen (secondary N) is 1. The van der Waals surface area contributed by atoms with Crippen LogP contribution in [0.5, 0.6) is 0 Å². The standard InChI is InChI=1S/C21H23N3O2S2/c1-13-8-9-15-16(10-13)28-21-19(15)20(26)22-17(23-21)11-27-12-18(25)24(2)14-6-4-3-5-7-14/h3-7,13H,8-12H2,1-2H3,(H,22,23,26)/t13-/m0/s1. The van der Waals surface area contributed by atoms with Gasteiger partial charge in [-0.15, -0.1) is 23.1 Å². The van der Waals surface area contributed by atoms with Gasteiger partial charge >= 0.3 is 0 Å². The Labute approximate surface area is 172 Å². The molecule has 0 saturated heterocycles. The van der Waals surface area contributed by atoms with Gasteiger partial charge in [-0.25, -0.2) is 4.98 Å². The topological polar surface area (TPSA) is 66.1 Å². The molecule has 2 aromatic heterocycles. The summed E-state index contributed by atoms with van der Waals surface area (Å²) in [4.78, 5) is 36.4. The summed E-state index contributed by atoms with van der Waals surface area (Å²) in [6.45, 7) is 2.26. The van der Waals surface area contributed by atoms with Gasteiger partial charge in [0.1, 0.15) is 10.7 Å². The number of hydrogen-bond acceptors (Lipinski definition) is 5. The molecular formula is C21H23N3O2S2. The van der Waals surface area contributed by atoms with E-state index in [1.54, 1.807) is 23.3 Å². The molecule has 1 N–H and O–H groups in total. The van der Waals surface area contributed by atoms with E-state index >= 15 is 0 Å². The maximum absolute atomic E-state index is 12.6. The highest BCUT2D eigenvalue weighted by molar-refractivity contribution is 7.99. The molecule has 0 aliphatic heterocycles. The number of thiophene rings is 1. The number of carbonyl (C=O) groups excluding carboxylic acids is 1. The number of aromatic amines is 1. The molecule has 1 aliphatic carbocycles. The van der Waals surface area contributed by atoms with Crippen molar-refractivity contribution in [3.05, 3.63) is 57.0 Å². The van der Waals surface area contributed by atoms with Crippen molar-refractivity contribution >= 4 is 44.9 Å². The van der Waals surface area contributed by atoms with Gasteiger partial charge in [0.25, 0.3) is 5.56 Å². The van der Waals surface area contributed by atoms with Crippen LogP contribution in [-0.4, -0.2) is 28.7 Å². The molecule has 146 valence electrons. The van der Waals surface area contributed by atoms with E-state index in [9.17, 15) is 9.59 Å². The highest BCUT2D eigenvalue weighted by atomic mass is 32.2. The second kappa shape index (κ2) is 8.09. The third-order valence-corrected chi connectivity index (χ3v) is 7.27. The number of aryl methyl sites for hydroxylation is 1. The number of H-pyrrole nitrogens is 1. The van der Waals surface area contributed by atoms with Gasteiger partial charge in [-0.1, -0.05) is 25.1 Å². The summed E-state index contributed by atoms with van der Waals surface area (Å²) in [5, 5.41) is 0.778. The molecule has 1 amide bonds. The first-order valence-corrected chi connectivity index (χ1v) is 11.4. The Hall–Kier alpha value is -2.12. The van der Waals surface area contributed by atoms with Gasteiger partial charge in [0, 0.05) is 17.6 Å². The number of hydrogen-bond donors (Lipinski definition) is 1. The molecule has 7 heteroatoms. The minimum atomic E-state index is -0.0413. The molecule has 5 nitrogen and oxygen atoms in total. The van der Waals surface area contributed by atoms with Gasteiger partial charge in [-0.3, -0.25) is 9.59 Å². The fourth-order valence-electron chi connectivity index (χ4n) is 3.59. The number of rotatable bonds is 5. The zero-order chi connectivity index (χ0) is 19.7.